The van der Waals surface area contributed by atoms with E-state index in [9.17, 15) is 19.7 Å². The molecule has 2 aromatic heterocycles. The number of H-pyrrole nitrogens is 1. The zero-order valence-corrected chi connectivity index (χ0v) is 13.2. The number of nitro groups is 1. The minimum atomic E-state index is -0.710. The molecule has 0 spiro atoms. The van der Waals surface area contributed by atoms with E-state index in [1.165, 1.54) is 18.2 Å². The van der Waals surface area contributed by atoms with Gasteiger partial charge in [0.25, 0.3) is 17.5 Å². The number of nitro benzene ring substituents is 1. The summed E-state index contributed by atoms with van der Waals surface area (Å²) in [6.45, 7) is 3.33. The predicted molar refractivity (Wildman–Crippen MR) is 85.9 cm³/mol. The van der Waals surface area contributed by atoms with Gasteiger partial charge in [0.1, 0.15) is 11.5 Å². The number of carbonyl (C=O) groups is 2. The molecule has 0 unspecified atom stereocenters. The number of carbonyl (C=O) groups excluding carboxylic acids is 2. The number of nitrogens with zero attached hydrogens (tertiary/aromatic N) is 2. The van der Waals surface area contributed by atoms with Gasteiger partial charge in [0, 0.05) is 17.5 Å². The lowest BCUT2D eigenvalue weighted by molar-refractivity contribution is -0.384. The lowest BCUT2D eigenvalue weighted by atomic mass is 10.2. The number of amides is 2. The first-order chi connectivity index (χ1) is 11.9. The van der Waals surface area contributed by atoms with Crippen molar-refractivity contribution < 1.29 is 18.9 Å². The first-order valence-electron chi connectivity index (χ1n) is 7.17. The highest BCUT2D eigenvalue weighted by molar-refractivity contribution is 6.06. The maximum atomic E-state index is 12.2. The van der Waals surface area contributed by atoms with Crippen LogP contribution < -0.4 is 10.9 Å². The number of hydrogen-bond donors (Lipinski definition) is 3. The van der Waals surface area contributed by atoms with Crippen molar-refractivity contribution >= 4 is 28.4 Å². The maximum Gasteiger partial charge on any atom is 0.290 e. The van der Waals surface area contributed by atoms with Gasteiger partial charge in [-0.05, 0) is 26.0 Å². The number of benzene rings is 1. The molecule has 0 atom stereocenters. The number of aromatic nitrogens is 2. The third-order valence-corrected chi connectivity index (χ3v) is 3.55. The number of fused-ring (bicyclic) bond motifs is 1. The number of aromatic amines is 1. The lowest BCUT2D eigenvalue weighted by Crippen LogP contribution is -2.41. The molecule has 2 heterocycles. The zero-order valence-electron chi connectivity index (χ0n) is 13.2. The summed E-state index contributed by atoms with van der Waals surface area (Å²) in [4.78, 5) is 34.6. The van der Waals surface area contributed by atoms with Crippen LogP contribution in [0, 0.1) is 24.0 Å². The molecule has 3 N–H and O–H groups in total. The Morgan fingerprint density at radius 1 is 1.20 bits per heavy atom. The number of aryl methyl sites for hydroxylation is 2. The highest BCUT2D eigenvalue weighted by Crippen LogP contribution is 2.22. The topological polar surface area (TPSA) is 143 Å². The zero-order chi connectivity index (χ0) is 18.1. The van der Waals surface area contributed by atoms with E-state index in [4.69, 9.17) is 4.42 Å². The Morgan fingerprint density at radius 3 is 2.56 bits per heavy atom. The average molecular weight is 343 g/mol. The van der Waals surface area contributed by atoms with Crippen LogP contribution in [0.5, 0.6) is 0 Å². The second kappa shape index (κ2) is 6.07. The van der Waals surface area contributed by atoms with E-state index in [1.54, 1.807) is 19.9 Å². The molecule has 0 aliphatic carbocycles. The standard InChI is InChI=1S/C15H13N5O5/c1-7-5-10(8(2)25-7)14(21)18-19-15(22)13-11-6-9(20(23)24)3-4-12(11)16-17-13/h3-6H,1-2H3,(H,16,17)(H,18,21)(H,19,22). The van der Waals surface area contributed by atoms with E-state index < -0.39 is 16.7 Å². The molecule has 3 aromatic rings. The molecular weight excluding hydrogens is 330 g/mol. The summed E-state index contributed by atoms with van der Waals surface area (Å²) in [7, 11) is 0. The Hall–Kier alpha value is -3.69. The van der Waals surface area contributed by atoms with Gasteiger partial charge in [-0.15, -0.1) is 0 Å². The number of rotatable bonds is 3. The number of nitrogens with one attached hydrogen (secondary N) is 3. The highest BCUT2D eigenvalue weighted by atomic mass is 16.6. The van der Waals surface area contributed by atoms with E-state index in [0.717, 1.165) is 0 Å². The Morgan fingerprint density at radius 2 is 1.92 bits per heavy atom. The summed E-state index contributed by atoms with van der Waals surface area (Å²) in [6, 6.07) is 5.53. The molecule has 3 rings (SSSR count). The van der Waals surface area contributed by atoms with Crippen molar-refractivity contribution in [1.29, 1.82) is 0 Å². The SMILES string of the molecule is Cc1cc(C(=O)NNC(=O)c2n[nH]c3ccc([N+](=O)[O-])cc23)c(C)o1. The quantitative estimate of drug-likeness (QED) is 0.488. The van der Waals surface area contributed by atoms with Crippen LogP contribution in [0.2, 0.25) is 0 Å². The molecule has 0 saturated heterocycles. The van der Waals surface area contributed by atoms with Crippen molar-refractivity contribution in [3.05, 3.63) is 57.2 Å². The first kappa shape index (κ1) is 16.2. The fourth-order valence-electron chi connectivity index (χ4n) is 2.38. The third kappa shape index (κ3) is 3.04. The van der Waals surface area contributed by atoms with Gasteiger partial charge in [0.2, 0.25) is 0 Å². The molecule has 0 aliphatic rings. The van der Waals surface area contributed by atoms with Crippen LogP contribution in [-0.4, -0.2) is 26.9 Å². The molecule has 0 saturated carbocycles. The molecule has 1 aromatic carbocycles. The van der Waals surface area contributed by atoms with Crippen LogP contribution in [0.1, 0.15) is 32.4 Å². The number of hydrazine groups is 1. The monoisotopic (exact) mass is 343 g/mol. The van der Waals surface area contributed by atoms with E-state index in [2.05, 4.69) is 21.0 Å². The molecule has 10 heteroatoms. The Labute approximate surface area is 140 Å². The molecule has 0 radical (unpaired) electrons. The van der Waals surface area contributed by atoms with Crippen LogP contribution in [-0.2, 0) is 0 Å². The van der Waals surface area contributed by atoms with Crippen LogP contribution in [0.3, 0.4) is 0 Å². The van der Waals surface area contributed by atoms with Gasteiger partial charge >= 0.3 is 0 Å². The van der Waals surface area contributed by atoms with Crippen LogP contribution in [0.15, 0.2) is 28.7 Å². The number of furan rings is 1. The largest absolute Gasteiger partial charge is 0.466 e. The van der Waals surface area contributed by atoms with E-state index >= 15 is 0 Å². The molecule has 0 fully saturated rings. The van der Waals surface area contributed by atoms with Crippen LogP contribution in [0.25, 0.3) is 10.9 Å². The second-order valence-corrected chi connectivity index (χ2v) is 5.29. The molecule has 2 amide bonds. The van der Waals surface area contributed by atoms with Crippen LogP contribution in [0.4, 0.5) is 5.69 Å². The summed E-state index contributed by atoms with van der Waals surface area (Å²) >= 11 is 0. The van der Waals surface area contributed by atoms with E-state index in [-0.39, 0.29) is 16.8 Å². The Bertz CT molecular complexity index is 1000. The summed E-state index contributed by atoms with van der Waals surface area (Å²) in [5, 5.41) is 17.6. The van der Waals surface area contributed by atoms with E-state index in [0.29, 0.717) is 22.6 Å². The minimum absolute atomic E-state index is 0.0703. The first-order valence-corrected chi connectivity index (χ1v) is 7.17. The van der Waals surface area contributed by atoms with Crippen molar-refractivity contribution in [2.24, 2.45) is 0 Å². The highest BCUT2D eigenvalue weighted by Gasteiger charge is 2.19. The molecular formula is C15H13N5O5. The number of non-ortho nitro benzene ring substituents is 1. The molecule has 25 heavy (non-hydrogen) atoms. The predicted octanol–water partition coefficient (Wildman–Crippen LogP) is 1.76. The van der Waals surface area contributed by atoms with Crippen molar-refractivity contribution in [2.75, 3.05) is 0 Å². The van der Waals surface area contributed by atoms with E-state index in [1.807, 2.05) is 0 Å². The summed E-state index contributed by atoms with van der Waals surface area (Å²) < 4.78 is 5.25. The normalized spacial score (nSPS) is 10.6. The summed E-state index contributed by atoms with van der Waals surface area (Å²) in [6.07, 6.45) is 0. The minimum Gasteiger partial charge on any atom is -0.466 e. The van der Waals surface area contributed by atoms with Gasteiger partial charge in [-0.3, -0.25) is 35.7 Å². The van der Waals surface area contributed by atoms with Crippen LogP contribution >= 0.6 is 0 Å². The fourth-order valence-corrected chi connectivity index (χ4v) is 2.38. The number of hydrogen-bond acceptors (Lipinski definition) is 6. The Balaban J connectivity index is 1.78. The van der Waals surface area contributed by atoms with Gasteiger partial charge in [0.15, 0.2) is 5.69 Å². The Kier molecular flexibility index (Phi) is 3.93. The van der Waals surface area contributed by atoms with Crippen molar-refractivity contribution in [2.45, 2.75) is 13.8 Å². The average Bonchev–Trinajstić information content (AvgIpc) is 3.14. The van der Waals surface area contributed by atoms with Crippen molar-refractivity contribution in [3.63, 3.8) is 0 Å². The summed E-state index contributed by atoms with van der Waals surface area (Å²) in [5.74, 6) is -0.267. The smallest absolute Gasteiger partial charge is 0.290 e. The van der Waals surface area contributed by atoms with Gasteiger partial charge < -0.3 is 4.42 Å². The second-order valence-electron chi connectivity index (χ2n) is 5.29. The van der Waals surface area contributed by atoms with Gasteiger partial charge in [-0.25, -0.2) is 0 Å². The molecule has 0 aliphatic heterocycles. The third-order valence-electron chi connectivity index (χ3n) is 3.55. The van der Waals surface area contributed by atoms with Gasteiger partial charge in [0.05, 0.1) is 16.0 Å². The summed E-state index contributed by atoms with van der Waals surface area (Å²) in [5.41, 5.74) is 5.00. The molecule has 128 valence electrons. The fraction of sp³-hybridized carbons (Fsp3) is 0.133. The van der Waals surface area contributed by atoms with Crippen molar-refractivity contribution in [3.8, 4) is 0 Å². The van der Waals surface area contributed by atoms with Gasteiger partial charge in [-0.1, -0.05) is 0 Å². The molecule has 10 nitrogen and oxygen atoms in total. The lowest BCUT2D eigenvalue weighted by Gasteiger charge is -2.05. The maximum absolute atomic E-state index is 12.2. The van der Waals surface area contributed by atoms with Crippen molar-refractivity contribution in [1.82, 2.24) is 21.0 Å². The van der Waals surface area contributed by atoms with Gasteiger partial charge in [-0.2, -0.15) is 5.10 Å². The molecule has 0 bridgehead atoms.